The number of carbonyl (C=O) groups excluding carboxylic acids is 2. The molecule has 0 saturated carbocycles. The maximum Gasteiger partial charge on any atom is 0.251 e. The molecule has 6 nitrogen and oxygen atoms in total. The van der Waals surface area contributed by atoms with E-state index in [1.807, 2.05) is 24.3 Å². The fraction of sp³-hybridized carbons (Fsp3) is 0.267. The average Bonchev–Trinajstić information content (AvgIpc) is 2.74. The minimum absolute atomic E-state index is 0.156. The molecule has 1 N–H and O–H groups in total. The molecule has 21 heavy (non-hydrogen) atoms. The van der Waals surface area contributed by atoms with Gasteiger partial charge in [0.1, 0.15) is 17.6 Å². The van der Waals surface area contributed by atoms with Crippen molar-refractivity contribution in [2.24, 2.45) is 0 Å². The number of ether oxygens (including phenoxy) is 1. The molecule has 3 rings (SSSR count). The molecule has 2 aromatic rings. The summed E-state index contributed by atoms with van der Waals surface area (Å²) in [5.74, 6) is 0.940. The van der Waals surface area contributed by atoms with Crippen molar-refractivity contribution < 1.29 is 14.3 Å². The highest BCUT2D eigenvalue weighted by Gasteiger charge is 2.36. The number of benzene rings is 1. The molecular formula is C15H15N3O3. The molecule has 108 valence electrons. The van der Waals surface area contributed by atoms with Gasteiger partial charge in [-0.05, 0) is 29.7 Å². The van der Waals surface area contributed by atoms with Gasteiger partial charge in [0.2, 0.25) is 5.91 Å². The molecule has 2 amide bonds. The van der Waals surface area contributed by atoms with E-state index in [1.54, 1.807) is 13.3 Å². The lowest BCUT2D eigenvalue weighted by molar-refractivity contribution is -0.136. The Morgan fingerprint density at radius 1 is 1.33 bits per heavy atom. The first kappa shape index (κ1) is 13.4. The average molecular weight is 285 g/mol. The molecule has 1 saturated heterocycles. The van der Waals surface area contributed by atoms with Crippen molar-refractivity contribution in [2.45, 2.75) is 12.5 Å². The summed E-state index contributed by atoms with van der Waals surface area (Å²) in [7, 11) is 3.11. The molecule has 1 aromatic heterocycles. The Labute approximate surface area is 121 Å². The van der Waals surface area contributed by atoms with Crippen LogP contribution in [-0.2, 0) is 9.59 Å². The molecule has 2 heterocycles. The number of amides is 2. The Balaban J connectivity index is 1.94. The molecule has 1 fully saturated rings. The first-order valence-corrected chi connectivity index (χ1v) is 6.60. The van der Waals surface area contributed by atoms with Gasteiger partial charge >= 0.3 is 0 Å². The third kappa shape index (κ3) is 2.29. The van der Waals surface area contributed by atoms with Gasteiger partial charge in [-0.25, -0.2) is 4.98 Å². The van der Waals surface area contributed by atoms with Gasteiger partial charge < -0.3 is 10.1 Å². The summed E-state index contributed by atoms with van der Waals surface area (Å²) >= 11 is 0. The number of carbonyl (C=O) groups is 2. The highest BCUT2D eigenvalue weighted by Crippen LogP contribution is 2.27. The second-order valence-electron chi connectivity index (χ2n) is 4.94. The second-order valence-corrected chi connectivity index (χ2v) is 4.94. The molecule has 1 unspecified atom stereocenters. The number of nitrogens with zero attached hydrogens (tertiary/aromatic N) is 2. The highest BCUT2D eigenvalue weighted by atomic mass is 16.5. The van der Waals surface area contributed by atoms with Crippen LogP contribution in [0.4, 0.5) is 5.82 Å². The van der Waals surface area contributed by atoms with Crippen molar-refractivity contribution in [2.75, 3.05) is 19.5 Å². The van der Waals surface area contributed by atoms with Gasteiger partial charge in [-0.3, -0.25) is 14.5 Å². The topological polar surface area (TPSA) is 71.5 Å². The summed E-state index contributed by atoms with van der Waals surface area (Å²) in [5, 5.41) is 4.91. The number of imide groups is 1. The Morgan fingerprint density at radius 2 is 2.14 bits per heavy atom. The maximum absolute atomic E-state index is 12.0. The van der Waals surface area contributed by atoms with Gasteiger partial charge in [0.15, 0.2) is 0 Å². The Bertz CT molecular complexity index is 729. The molecule has 6 heteroatoms. The molecule has 1 atom stereocenters. The van der Waals surface area contributed by atoms with Gasteiger partial charge in [-0.1, -0.05) is 0 Å². The number of likely N-dealkylation sites (tertiary alicyclic amines) is 1. The third-order valence-electron chi connectivity index (χ3n) is 3.66. The van der Waals surface area contributed by atoms with Crippen LogP contribution in [0, 0.1) is 0 Å². The van der Waals surface area contributed by atoms with Crippen LogP contribution in [0.25, 0.3) is 10.8 Å². The number of rotatable bonds is 3. The van der Waals surface area contributed by atoms with Crippen LogP contribution in [0.15, 0.2) is 30.5 Å². The van der Waals surface area contributed by atoms with Crippen LogP contribution < -0.4 is 10.1 Å². The SMILES string of the molecule is COc1ccc2c(NC3CC(=O)N(C)C3=O)nccc2c1. The largest absolute Gasteiger partial charge is 0.497 e. The summed E-state index contributed by atoms with van der Waals surface area (Å²) in [5.41, 5.74) is 0. The zero-order valence-corrected chi connectivity index (χ0v) is 11.8. The van der Waals surface area contributed by atoms with Crippen LogP contribution in [0.2, 0.25) is 0 Å². The predicted octanol–water partition coefficient (Wildman–Crippen LogP) is 1.41. The standard InChI is InChI=1S/C15H15N3O3/c1-18-13(19)8-12(15(18)20)17-14-11-4-3-10(21-2)7-9(11)5-6-16-14/h3-7,12H,8H2,1-2H3,(H,16,17). The van der Waals surface area contributed by atoms with E-state index in [1.165, 1.54) is 7.05 Å². The van der Waals surface area contributed by atoms with Gasteiger partial charge in [0, 0.05) is 18.6 Å². The zero-order valence-electron chi connectivity index (χ0n) is 11.8. The number of methoxy groups -OCH3 is 1. The van der Waals surface area contributed by atoms with E-state index >= 15 is 0 Å². The third-order valence-corrected chi connectivity index (χ3v) is 3.66. The maximum atomic E-state index is 12.0. The summed E-state index contributed by atoms with van der Waals surface area (Å²) in [6, 6.07) is 6.94. The van der Waals surface area contributed by atoms with E-state index in [0.717, 1.165) is 21.4 Å². The normalized spacial score (nSPS) is 18.4. The number of hydrogen-bond donors (Lipinski definition) is 1. The predicted molar refractivity (Wildman–Crippen MR) is 78.1 cm³/mol. The second kappa shape index (κ2) is 5.05. The lowest BCUT2D eigenvalue weighted by atomic mass is 10.1. The van der Waals surface area contributed by atoms with Crippen LogP contribution in [0.3, 0.4) is 0 Å². The van der Waals surface area contributed by atoms with E-state index in [9.17, 15) is 9.59 Å². The Kier molecular flexibility index (Phi) is 3.21. The first-order chi connectivity index (χ1) is 10.1. The van der Waals surface area contributed by atoms with Crippen molar-refractivity contribution >= 4 is 28.4 Å². The van der Waals surface area contributed by atoms with Crippen molar-refractivity contribution in [3.8, 4) is 5.75 Å². The van der Waals surface area contributed by atoms with Crippen molar-refractivity contribution in [1.82, 2.24) is 9.88 Å². The first-order valence-electron chi connectivity index (χ1n) is 6.60. The fourth-order valence-corrected chi connectivity index (χ4v) is 2.43. The summed E-state index contributed by atoms with van der Waals surface area (Å²) in [4.78, 5) is 28.9. The number of hydrogen-bond acceptors (Lipinski definition) is 5. The molecule has 0 spiro atoms. The van der Waals surface area contributed by atoms with Crippen LogP contribution in [-0.4, -0.2) is 41.9 Å². The zero-order chi connectivity index (χ0) is 15.0. The molecule has 0 aliphatic carbocycles. The van der Waals surface area contributed by atoms with Gasteiger partial charge in [-0.2, -0.15) is 0 Å². The van der Waals surface area contributed by atoms with Gasteiger partial charge in [0.25, 0.3) is 5.91 Å². The minimum atomic E-state index is -0.553. The molecule has 1 aliphatic heterocycles. The summed E-state index contributed by atoms with van der Waals surface area (Å²) < 4.78 is 5.19. The number of likely N-dealkylation sites (N-methyl/N-ethyl adjacent to an activating group) is 1. The number of anilines is 1. The van der Waals surface area contributed by atoms with E-state index in [-0.39, 0.29) is 18.2 Å². The molecular weight excluding hydrogens is 270 g/mol. The monoisotopic (exact) mass is 285 g/mol. The number of nitrogens with one attached hydrogen (secondary N) is 1. The van der Waals surface area contributed by atoms with Gasteiger partial charge in [-0.15, -0.1) is 0 Å². The molecule has 0 bridgehead atoms. The van der Waals surface area contributed by atoms with Crippen molar-refractivity contribution in [1.29, 1.82) is 0 Å². The Morgan fingerprint density at radius 3 is 2.81 bits per heavy atom. The van der Waals surface area contributed by atoms with Crippen molar-refractivity contribution in [3.63, 3.8) is 0 Å². The van der Waals surface area contributed by atoms with E-state index < -0.39 is 6.04 Å². The van der Waals surface area contributed by atoms with Gasteiger partial charge in [0.05, 0.1) is 13.5 Å². The quantitative estimate of drug-likeness (QED) is 0.863. The smallest absolute Gasteiger partial charge is 0.251 e. The minimum Gasteiger partial charge on any atom is -0.497 e. The fourth-order valence-electron chi connectivity index (χ4n) is 2.43. The van der Waals surface area contributed by atoms with E-state index in [2.05, 4.69) is 10.3 Å². The van der Waals surface area contributed by atoms with Crippen LogP contribution in [0.1, 0.15) is 6.42 Å². The number of aromatic nitrogens is 1. The van der Waals surface area contributed by atoms with E-state index in [4.69, 9.17) is 4.74 Å². The lowest BCUT2D eigenvalue weighted by Crippen LogP contribution is -2.32. The summed E-state index contributed by atoms with van der Waals surface area (Å²) in [6.07, 6.45) is 1.82. The van der Waals surface area contributed by atoms with Crippen LogP contribution >= 0.6 is 0 Å². The molecule has 0 radical (unpaired) electrons. The number of fused-ring (bicyclic) bond motifs is 1. The summed E-state index contributed by atoms with van der Waals surface area (Å²) in [6.45, 7) is 0. The Hall–Kier alpha value is -2.63. The molecule has 1 aromatic carbocycles. The van der Waals surface area contributed by atoms with Crippen LogP contribution in [0.5, 0.6) is 5.75 Å². The molecule has 1 aliphatic rings. The van der Waals surface area contributed by atoms with Crippen molar-refractivity contribution in [3.05, 3.63) is 30.5 Å². The van der Waals surface area contributed by atoms with E-state index in [0.29, 0.717) is 5.82 Å². The number of pyridine rings is 1. The highest BCUT2D eigenvalue weighted by molar-refractivity contribution is 6.07. The lowest BCUT2D eigenvalue weighted by Gasteiger charge is -2.13.